The first-order valence-corrected chi connectivity index (χ1v) is 6.30. The van der Waals surface area contributed by atoms with Crippen molar-refractivity contribution in [1.29, 1.82) is 0 Å². The molecule has 2 aromatic rings. The van der Waals surface area contributed by atoms with Gasteiger partial charge in [-0.1, -0.05) is 24.0 Å². The smallest absolute Gasteiger partial charge is 0.320 e. The zero-order valence-electron chi connectivity index (χ0n) is 11.2. The van der Waals surface area contributed by atoms with E-state index in [-0.39, 0.29) is 5.69 Å². The maximum Gasteiger partial charge on any atom is 0.323 e. The first-order chi connectivity index (χ1) is 10.2. The predicted octanol–water partition coefficient (Wildman–Crippen LogP) is 2.78. The van der Waals surface area contributed by atoms with Gasteiger partial charge in [-0.25, -0.2) is 9.18 Å². The molecule has 0 radical (unpaired) electrons. The number of nitrogens with one attached hydrogen (secondary N) is 2. The molecule has 2 rings (SSSR count). The normalized spacial score (nSPS) is 9.43. The molecule has 2 aromatic carbocycles. The second kappa shape index (κ2) is 7.08. The summed E-state index contributed by atoms with van der Waals surface area (Å²) in [6.45, 7) is 0.297. The SMILES string of the molecule is NCC#Cc1ccc(NC(=O)Nc2ccccc2F)cc1. The molecular weight excluding hydrogens is 269 g/mol. The van der Waals surface area contributed by atoms with Crippen LogP contribution in [-0.2, 0) is 0 Å². The molecule has 0 aliphatic rings. The molecule has 0 saturated carbocycles. The van der Waals surface area contributed by atoms with Crippen LogP contribution < -0.4 is 16.4 Å². The van der Waals surface area contributed by atoms with Crippen LogP contribution in [0.5, 0.6) is 0 Å². The van der Waals surface area contributed by atoms with Crippen LogP contribution in [0.25, 0.3) is 0 Å². The minimum absolute atomic E-state index is 0.125. The molecule has 0 aliphatic heterocycles. The summed E-state index contributed by atoms with van der Waals surface area (Å²) in [7, 11) is 0. The van der Waals surface area contributed by atoms with E-state index in [0.717, 1.165) is 5.56 Å². The van der Waals surface area contributed by atoms with Gasteiger partial charge in [0.1, 0.15) is 5.82 Å². The number of hydrogen-bond donors (Lipinski definition) is 3. The summed E-state index contributed by atoms with van der Waals surface area (Å²) < 4.78 is 13.4. The van der Waals surface area contributed by atoms with Gasteiger partial charge in [-0.15, -0.1) is 0 Å². The number of benzene rings is 2. The molecule has 0 aromatic heterocycles. The molecule has 0 bridgehead atoms. The summed E-state index contributed by atoms with van der Waals surface area (Å²) in [5.74, 6) is 5.13. The zero-order valence-corrected chi connectivity index (χ0v) is 11.2. The molecule has 0 spiro atoms. The Kier molecular flexibility index (Phi) is 4.91. The Labute approximate surface area is 122 Å². The van der Waals surface area contributed by atoms with Crippen molar-refractivity contribution in [2.75, 3.05) is 17.2 Å². The Balaban J connectivity index is 1.98. The van der Waals surface area contributed by atoms with Crippen molar-refractivity contribution in [2.45, 2.75) is 0 Å². The molecule has 106 valence electrons. The van der Waals surface area contributed by atoms with Crippen LogP contribution in [0.2, 0.25) is 0 Å². The number of para-hydroxylation sites is 1. The fourth-order valence-electron chi connectivity index (χ4n) is 1.64. The molecule has 21 heavy (non-hydrogen) atoms. The van der Waals surface area contributed by atoms with E-state index in [1.165, 1.54) is 12.1 Å². The van der Waals surface area contributed by atoms with Crippen molar-refractivity contribution in [2.24, 2.45) is 5.73 Å². The van der Waals surface area contributed by atoms with Crippen LogP contribution >= 0.6 is 0 Å². The Morgan fingerprint density at radius 3 is 2.48 bits per heavy atom. The number of carbonyl (C=O) groups excluding carboxylic acids is 1. The van der Waals surface area contributed by atoms with Gasteiger partial charge in [0.15, 0.2) is 0 Å². The van der Waals surface area contributed by atoms with Gasteiger partial charge in [0.25, 0.3) is 0 Å². The standard InChI is InChI=1S/C16H14FN3O/c17-14-5-1-2-6-15(14)20-16(21)19-13-9-7-12(8-10-13)4-3-11-18/h1-2,5-10H,11,18H2,(H2,19,20,21). The van der Waals surface area contributed by atoms with Crippen molar-refractivity contribution in [3.8, 4) is 11.8 Å². The highest BCUT2D eigenvalue weighted by atomic mass is 19.1. The number of amides is 2. The lowest BCUT2D eigenvalue weighted by Gasteiger charge is -2.08. The highest BCUT2D eigenvalue weighted by molar-refractivity contribution is 5.99. The van der Waals surface area contributed by atoms with E-state index in [0.29, 0.717) is 12.2 Å². The third-order valence-corrected chi connectivity index (χ3v) is 2.60. The first-order valence-electron chi connectivity index (χ1n) is 6.30. The monoisotopic (exact) mass is 283 g/mol. The predicted molar refractivity (Wildman–Crippen MR) is 81.4 cm³/mol. The van der Waals surface area contributed by atoms with Gasteiger partial charge in [0.2, 0.25) is 0 Å². The molecule has 4 N–H and O–H groups in total. The Morgan fingerprint density at radius 2 is 1.81 bits per heavy atom. The second-order valence-electron chi connectivity index (χ2n) is 4.14. The van der Waals surface area contributed by atoms with Gasteiger partial charge >= 0.3 is 6.03 Å². The molecule has 0 heterocycles. The van der Waals surface area contributed by atoms with Crippen molar-refractivity contribution in [3.05, 3.63) is 59.9 Å². The molecule has 0 saturated heterocycles. The van der Waals surface area contributed by atoms with Gasteiger partial charge in [0.05, 0.1) is 12.2 Å². The number of hydrogen-bond acceptors (Lipinski definition) is 2. The van der Waals surface area contributed by atoms with E-state index >= 15 is 0 Å². The van der Waals surface area contributed by atoms with Crippen molar-refractivity contribution in [3.63, 3.8) is 0 Å². The van der Waals surface area contributed by atoms with Crippen molar-refractivity contribution in [1.82, 2.24) is 0 Å². The molecule has 0 aliphatic carbocycles. The summed E-state index contributed by atoms with van der Waals surface area (Å²) >= 11 is 0. The topological polar surface area (TPSA) is 67.1 Å². The summed E-state index contributed by atoms with van der Waals surface area (Å²) in [5.41, 5.74) is 6.80. The van der Waals surface area contributed by atoms with Crippen LogP contribution in [0.1, 0.15) is 5.56 Å². The fraction of sp³-hybridized carbons (Fsp3) is 0.0625. The molecule has 0 unspecified atom stereocenters. The van der Waals surface area contributed by atoms with E-state index in [9.17, 15) is 9.18 Å². The van der Waals surface area contributed by atoms with Crippen molar-refractivity contribution >= 4 is 17.4 Å². The maximum atomic E-state index is 13.4. The Morgan fingerprint density at radius 1 is 1.10 bits per heavy atom. The van der Waals surface area contributed by atoms with Crippen LogP contribution in [-0.4, -0.2) is 12.6 Å². The van der Waals surface area contributed by atoms with Gasteiger partial charge in [-0.3, -0.25) is 0 Å². The highest BCUT2D eigenvalue weighted by Gasteiger charge is 2.05. The van der Waals surface area contributed by atoms with Crippen molar-refractivity contribution < 1.29 is 9.18 Å². The van der Waals surface area contributed by atoms with E-state index < -0.39 is 11.8 Å². The molecule has 4 nitrogen and oxygen atoms in total. The number of rotatable bonds is 2. The van der Waals surface area contributed by atoms with Gasteiger partial charge in [-0.05, 0) is 36.4 Å². The molecular formula is C16H14FN3O. The summed E-state index contributed by atoms with van der Waals surface area (Å²) in [6, 6.07) is 12.4. The van der Waals surface area contributed by atoms with Crippen LogP contribution in [0, 0.1) is 17.7 Å². The molecule has 5 heteroatoms. The van der Waals surface area contributed by atoms with E-state index in [2.05, 4.69) is 22.5 Å². The van der Waals surface area contributed by atoms with Gasteiger partial charge < -0.3 is 16.4 Å². The highest BCUT2D eigenvalue weighted by Crippen LogP contribution is 2.14. The Hall–Kier alpha value is -2.84. The number of halogens is 1. The van der Waals surface area contributed by atoms with E-state index in [1.54, 1.807) is 36.4 Å². The average Bonchev–Trinajstić information content (AvgIpc) is 2.49. The zero-order chi connectivity index (χ0) is 15.1. The fourth-order valence-corrected chi connectivity index (χ4v) is 1.64. The largest absolute Gasteiger partial charge is 0.323 e. The summed E-state index contributed by atoms with van der Waals surface area (Å²) in [4.78, 5) is 11.8. The first kappa shape index (κ1) is 14.6. The molecule has 2 amide bonds. The summed E-state index contributed by atoms with van der Waals surface area (Å²) in [6.07, 6.45) is 0. The quantitative estimate of drug-likeness (QED) is 0.742. The molecule has 0 atom stereocenters. The lowest BCUT2D eigenvalue weighted by atomic mass is 10.2. The average molecular weight is 283 g/mol. The second-order valence-corrected chi connectivity index (χ2v) is 4.14. The number of carbonyl (C=O) groups is 1. The maximum absolute atomic E-state index is 13.4. The van der Waals surface area contributed by atoms with Crippen LogP contribution in [0.4, 0.5) is 20.6 Å². The number of urea groups is 1. The third-order valence-electron chi connectivity index (χ3n) is 2.60. The van der Waals surface area contributed by atoms with Crippen LogP contribution in [0.3, 0.4) is 0 Å². The summed E-state index contributed by atoms with van der Waals surface area (Å²) in [5, 5.41) is 5.05. The minimum Gasteiger partial charge on any atom is -0.320 e. The Bertz CT molecular complexity index is 687. The number of anilines is 2. The van der Waals surface area contributed by atoms with E-state index in [1.807, 2.05) is 0 Å². The van der Waals surface area contributed by atoms with Crippen LogP contribution in [0.15, 0.2) is 48.5 Å². The van der Waals surface area contributed by atoms with E-state index in [4.69, 9.17) is 5.73 Å². The van der Waals surface area contributed by atoms with Gasteiger partial charge in [-0.2, -0.15) is 0 Å². The molecule has 0 fully saturated rings. The number of nitrogens with two attached hydrogens (primary N) is 1. The van der Waals surface area contributed by atoms with Gasteiger partial charge in [0, 0.05) is 11.3 Å². The third kappa shape index (κ3) is 4.34. The lowest BCUT2D eigenvalue weighted by molar-refractivity contribution is 0.262. The lowest BCUT2D eigenvalue weighted by Crippen LogP contribution is -2.20. The minimum atomic E-state index is -0.513.